The topological polar surface area (TPSA) is 18.5 Å². The highest BCUT2D eigenvalue weighted by molar-refractivity contribution is 7.27. The summed E-state index contributed by atoms with van der Waals surface area (Å²) in [7, 11) is 4.32. The smallest absolute Gasteiger partial charge is 0.141 e. The van der Waals surface area contributed by atoms with Gasteiger partial charge in [0.15, 0.2) is 0 Å². The summed E-state index contributed by atoms with van der Waals surface area (Å²) in [4.78, 5) is 0. The number of benzene rings is 2. The Morgan fingerprint density at radius 3 is 2.32 bits per heavy atom. The predicted molar refractivity (Wildman–Crippen MR) is 118 cm³/mol. The molecule has 0 bridgehead atoms. The van der Waals surface area contributed by atoms with Gasteiger partial charge in [0.1, 0.15) is 11.6 Å². The Labute approximate surface area is 171 Å². The summed E-state index contributed by atoms with van der Waals surface area (Å²) < 4.78 is 26.2. The standard InChI is InChI=1S/C24H32FO2P/c1-4-14-24(26-3)15-12-18(13-16-24)17-6-8-19(9-7-17)20-10-11-21(27-5-2)23(28)22(20)25/h6-11,18H,4-5,12-16,28H2,1-3H3. The van der Waals surface area contributed by atoms with Crippen LogP contribution >= 0.6 is 9.24 Å². The van der Waals surface area contributed by atoms with Crippen LogP contribution in [0.4, 0.5) is 4.39 Å². The third-order valence-electron chi connectivity index (χ3n) is 6.17. The van der Waals surface area contributed by atoms with E-state index in [1.807, 2.05) is 32.2 Å². The first kappa shape index (κ1) is 21.3. The molecule has 1 atom stereocenters. The van der Waals surface area contributed by atoms with Crippen molar-refractivity contribution in [2.75, 3.05) is 13.7 Å². The number of rotatable bonds is 7. The molecule has 3 rings (SSSR count). The average molecular weight is 402 g/mol. The number of hydrogen-bond donors (Lipinski definition) is 0. The molecule has 0 saturated heterocycles. The Balaban J connectivity index is 1.74. The minimum absolute atomic E-state index is 0.0752. The van der Waals surface area contributed by atoms with Crippen molar-refractivity contribution in [1.82, 2.24) is 0 Å². The second-order valence-electron chi connectivity index (χ2n) is 7.81. The van der Waals surface area contributed by atoms with E-state index in [0.29, 0.717) is 29.1 Å². The SMILES string of the molecule is CCCC1(OC)CCC(c2ccc(-c3ccc(OCC)c(P)c3F)cc2)CC1. The van der Waals surface area contributed by atoms with Crippen LogP contribution in [0.3, 0.4) is 0 Å². The van der Waals surface area contributed by atoms with Gasteiger partial charge in [-0.2, -0.15) is 0 Å². The second kappa shape index (κ2) is 9.37. The van der Waals surface area contributed by atoms with E-state index in [4.69, 9.17) is 9.47 Å². The molecule has 0 amide bonds. The van der Waals surface area contributed by atoms with Crippen LogP contribution in [0.2, 0.25) is 0 Å². The van der Waals surface area contributed by atoms with Crippen LogP contribution in [-0.4, -0.2) is 19.3 Å². The lowest BCUT2D eigenvalue weighted by atomic mass is 9.74. The third kappa shape index (κ3) is 4.42. The summed E-state index contributed by atoms with van der Waals surface area (Å²) in [5.74, 6) is 0.920. The lowest BCUT2D eigenvalue weighted by Crippen LogP contribution is -2.35. The minimum Gasteiger partial charge on any atom is -0.493 e. The van der Waals surface area contributed by atoms with E-state index in [2.05, 4.69) is 28.3 Å². The van der Waals surface area contributed by atoms with E-state index < -0.39 is 0 Å². The van der Waals surface area contributed by atoms with Gasteiger partial charge < -0.3 is 9.47 Å². The molecule has 2 nitrogen and oxygen atoms in total. The summed E-state index contributed by atoms with van der Waals surface area (Å²) >= 11 is 0. The molecule has 1 aliphatic carbocycles. The van der Waals surface area contributed by atoms with Crippen molar-refractivity contribution in [3.63, 3.8) is 0 Å². The molecule has 0 aromatic heterocycles. The molecule has 28 heavy (non-hydrogen) atoms. The summed E-state index contributed by atoms with van der Waals surface area (Å²) in [5, 5.41) is 0.488. The molecule has 4 heteroatoms. The van der Waals surface area contributed by atoms with Crippen molar-refractivity contribution in [3.8, 4) is 16.9 Å². The van der Waals surface area contributed by atoms with Crippen molar-refractivity contribution >= 4 is 14.5 Å². The van der Waals surface area contributed by atoms with Crippen LogP contribution in [-0.2, 0) is 4.74 Å². The van der Waals surface area contributed by atoms with Crippen LogP contribution in [0.1, 0.15) is 63.9 Å². The Morgan fingerprint density at radius 1 is 1.07 bits per heavy atom. The van der Waals surface area contributed by atoms with Crippen molar-refractivity contribution in [3.05, 3.63) is 47.8 Å². The average Bonchev–Trinajstić information content (AvgIpc) is 2.73. The van der Waals surface area contributed by atoms with Gasteiger partial charge in [-0.1, -0.05) is 46.8 Å². The van der Waals surface area contributed by atoms with E-state index >= 15 is 0 Å². The van der Waals surface area contributed by atoms with E-state index in [-0.39, 0.29) is 11.4 Å². The molecule has 1 fully saturated rings. The van der Waals surface area contributed by atoms with Gasteiger partial charge in [-0.25, -0.2) is 4.39 Å². The molecule has 0 spiro atoms. The predicted octanol–water partition coefficient (Wildman–Crippen LogP) is 6.23. The molecular weight excluding hydrogens is 370 g/mol. The quantitative estimate of drug-likeness (QED) is 0.511. The maximum absolute atomic E-state index is 14.8. The number of halogens is 1. The van der Waals surface area contributed by atoms with Crippen molar-refractivity contribution in [1.29, 1.82) is 0 Å². The molecule has 1 aliphatic rings. The molecule has 1 saturated carbocycles. The van der Waals surface area contributed by atoms with Gasteiger partial charge >= 0.3 is 0 Å². The highest BCUT2D eigenvalue weighted by atomic mass is 31.0. The molecule has 2 aromatic carbocycles. The molecule has 0 aliphatic heterocycles. The largest absolute Gasteiger partial charge is 0.493 e. The highest BCUT2D eigenvalue weighted by Crippen LogP contribution is 2.42. The van der Waals surface area contributed by atoms with Crippen LogP contribution in [0.15, 0.2) is 36.4 Å². The van der Waals surface area contributed by atoms with Gasteiger partial charge in [-0.15, -0.1) is 0 Å². The Morgan fingerprint density at radius 2 is 1.75 bits per heavy atom. The molecular formula is C24H32FO2P. The zero-order chi connectivity index (χ0) is 20.1. The molecule has 0 heterocycles. The number of hydrogen-bond acceptors (Lipinski definition) is 2. The van der Waals surface area contributed by atoms with Crippen molar-refractivity contribution < 1.29 is 13.9 Å². The molecule has 0 N–H and O–H groups in total. The lowest BCUT2D eigenvalue weighted by Gasteiger charge is -2.39. The van der Waals surface area contributed by atoms with Crippen LogP contribution in [0.25, 0.3) is 11.1 Å². The summed E-state index contributed by atoms with van der Waals surface area (Å²) in [5.41, 5.74) is 2.94. The Hall–Kier alpha value is -1.44. The van der Waals surface area contributed by atoms with Gasteiger partial charge in [0.25, 0.3) is 0 Å². The first-order valence-electron chi connectivity index (χ1n) is 10.4. The number of methoxy groups -OCH3 is 1. The fourth-order valence-corrected chi connectivity index (χ4v) is 4.84. The maximum Gasteiger partial charge on any atom is 0.141 e. The fourth-order valence-electron chi connectivity index (χ4n) is 4.50. The Kier molecular flexibility index (Phi) is 7.12. The monoisotopic (exact) mass is 402 g/mol. The van der Waals surface area contributed by atoms with Gasteiger partial charge in [-0.05, 0) is 68.2 Å². The van der Waals surface area contributed by atoms with E-state index in [9.17, 15) is 4.39 Å². The van der Waals surface area contributed by atoms with Gasteiger partial charge in [-0.3, -0.25) is 0 Å². The number of ether oxygens (including phenoxy) is 2. The fraction of sp³-hybridized carbons (Fsp3) is 0.500. The van der Waals surface area contributed by atoms with Crippen LogP contribution in [0.5, 0.6) is 5.75 Å². The summed E-state index contributed by atoms with van der Waals surface area (Å²) in [6.45, 7) is 4.66. The molecule has 2 aromatic rings. The highest BCUT2D eigenvalue weighted by Gasteiger charge is 2.34. The van der Waals surface area contributed by atoms with Gasteiger partial charge in [0, 0.05) is 18.0 Å². The summed E-state index contributed by atoms with van der Waals surface area (Å²) in [6, 6.07) is 12.1. The zero-order valence-corrected chi connectivity index (χ0v) is 18.4. The maximum atomic E-state index is 14.8. The first-order chi connectivity index (χ1) is 13.5. The lowest BCUT2D eigenvalue weighted by molar-refractivity contribution is -0.0494. The molecule has 0 radical (unpaired) electrons. The van der Waals surface area contributed by atoms with E-state index in [0.717, 1.165) is 37.7 Å². The third-order valence-corrected chi connectivity index (χ3v) is 6.71. The normalized spacial score (nSPS) is 22.2. The van der Waals surface area contributed by atoms with Crippen molar-refractivity contribution in [2.24, 2.45) is 0 Å². The van der Waals surface area contributed by atoms with Gasteiger partial charge in [0.2, 0.25) is 0 Å². The van der Waals surface area contributed by atoms with Crippen molar-refractivity contribution in [2.45, 2.75) is 63.9 Å². The second-order valence-corrected chi connectivity index (χ2v) is 8.38. The zero-order valence-electron chi connectivity index (χ0n) is 17.3. The molecule has 152 valence electrons. The molecule has 1 unspecified atom stereocenters. The van der Waals surface area contributed by atoms with E-state index in [1.54, 1.807) is 6.07 Å². The van der Waals surface area contributed by atoms with Gasteiger partial charge in [0.05, 0.1) is 12.2 Å². The summed E-state index contributed by atoms with van der Waals surface area (Å²) in [6.07, 6.45) is 6.85. The first-order valence-corrected chi connectivity index (χ1v) is 11.0. The van der Waals surface area contributed by atoms with E-state index in [1.165, 1.54) is 12.0 Å². The minimum atomic E-state index is -0.231. The Bertz CT molecular complexity index is 780. The van der Waals surface area contributed by atoms with Crippen LogP contribution < -0.4 is 10.0 Å². The van der Waals surface area contributed by atoms with Crippen LogP contribution in [0, 0.1) is 5.82 Å².